The molecule has 0 atom stereocenters. The molecule has 0 bridgehead atoms. The van der Waals surface area contributed by atoms with E-state index in [1.165, 1.54) is 0 Å². The monoisotopic (exact) mass is 358 g/mol. The summed E-state index contributed by atoms with van der Waals surface area (Å²) in [5.41, 5.74) is 0. The van der Waals surface area contributed by atoms with E-state index < -0.39 is 0 Å². The summed E-state index contributed by atoms with van der Waals surface area (Å²) in [6.07, 6.45) is 2.32. The molecule has 0 aromatic rings. The number of carbonyl (C=O) groups excluding carboxylic acids is 2. The van der Waals surface area contributed by atoms with E-state index >= 15 is 0 Å². The zero-order valence-electron chi connectivity index (χ0n) is 8.85. The normalized spacial score (nSPS) is 9.25. The first-order valence-electron chi connectivity index (χ1n) is 4.53. The predicted molar refractivity (Wildman–Crippen MR) is 63.4 cm³/mol. The molecule has 0 aliphatic carbocycles. The second-order valence-electron chi connectivity index (χ2n) is 2.39. The van der Waals surface area contributed by atoms with Crippen LogP contribution in [0.15, 0.2) is 25.3 Å². The fraction of sp³-hybridized carbons (Fsp3) is 0.400. The first-order chi connectivity index (χ1) is 7.70. The second kappa shape index (κ2) is 11.0. The Hall–Kier alpha value is -0.541. The summed E-state index contributed by atoms with van der Waals surface area (Å²) in [5.74, 6) is -0.744. The summed E-state index contributed by atoms with van der Waals surface area (Å²) >= 11 is 0.962. The number of hydrogen-bond donors (Lipinski definition) is 0. The molecule has 0 aromatic heterocycles. The van der Waals surface area contributed by atoms with Gasteiger partial charge in [-0.15, -0.1) is 0 Å². The summed E-state index contributed by atoms with van der Waals surface area (Å²) in [7, 11) is 0. The summed E-state index contributed by atoms with van der Waals surface area (Å²) in [6.45, 7) is 7.52. The van der Waals surface area contributed by atoms with Crippen molar-refractivity contribution in [2.24, 2.45) is 0 Å². The minimum atomic E-state index is -0.372. The zero-order valence-corrected chi connectivity index (χ0v) is 12.3. The van der Waals surface area contributed by atoms with E-state index in [1.54, 1.807) is 0 Å². The van der Waals surface area contributed by atoms with Crippen LogP contribution >= 0.6 is 0 Å². The number of ether oxygens (including phenoxy) is 2. The van der Waals surface area contributed by atoms with E-state index in [4.69, 9.17) is 9.47 Å². The van der Waals surface area contributed by atoms with Crippen molar-refractivity contribution in [3.05, 3.63) is 25.3 Å². The maximum atomic E-state index is 10.7. The van der Waals surface area contributed by atoms with Crippen molar-refractivity contribution < 1.29 is 19.1 Å². The molecule has 0 amide bonds. The van der Waals surface area contributed by atoms with Gasteiger partial charge in [0.05, 0.1) is 0 Å². The van der Waals surface area contributed by atoms with Gasteiger partial charge < -0.3 is 0 Å². The van der Waals surface area contributed by atoms with Crippen LogP contribution in [-0.2, 0) is 19.1 Å². The van der Waals surface area contributed by atoms with E-state index in [9.17, 15) is 9.59 Å². The molecule has 0 fully saturated rings. The third-order valence-electron chi connectivity index (χ3n) is 1.24. The van der Waals surface area contributed by atoms with Gasteiger partial charge in [0.1, 0.15) is 0 Å². The Balaban J connectivity index is 3.15. The van der Waals surface area contributed by atoms with Crippen molar-refractivity contribution in [3.8, 4) is 0 Å². The Morgan fingerprint density at radius 1 is 0.938 bits per heavy atom. The Kier molecular flexibility index (Phi) is 10.6. The third kappa shape index (κ3) is 9.99. The van der Waals surface area contributed by atoms with E-state index in [1.807, 2.05) is 0 Å². The predicted octanol–water partition coefficient (Wildman–Crippen LogP) is 0.605. The third-order valence-corrected chi connectivity index (χ3v) is 8.44. The second-order valence-corrected chi connectivity index (χ2v) is 10.2. The van der Waals surface area contributed by atoms with Crippen molar-refractivity contribution in [3.63, 3.8) is 0 Å². The van der Waals surface area contributed by atoms with Gasteiger partial charge in [-0.2, -0.15) is 0 Å². The number of esters is 2. The molecule has 0 N–H and O–H groups in total. The first kappa shape index (κ1) is 15.5. The number of carbonyl (C=O) groups is 2. The van der Waals surface area contributed by atoms with Gasteiger partial charge in [-0.05, 0) is 0 Å². The van der Waals surface area contributed by atoms with Crippen LogP contribution in [0.25, 0.3) is 0 Å². The van der Waals surface area contributed by atoms with Crippen LogP contribution in [-0.4, -0.2) is 51.4 Å². The van der Waals surface area contributed by atoms with Crippen molar-refractivity contribution in [1.82, 2.24) is 0 Å². The fourth-order valence-electron chi connectivity index (χ4n) is 0.588. The molecule has 4 nitrogen and oxygen atoms in total. The van der Waals surface area contributed by atoms with Crippen LogP contribution in [0.3, 0.4) is 0 Å². The molecule has 0 aliphatic heterocycles. The molecule has 0 unspecified atom stereocenters. The van der Waals surface area contributed by atoms with Crippen molar-refractivity contribution in [2.45, 2.75) is 10.6 Å². The molecular weight excluding hydrogens is 342 g/mol. The summed E-state index contributed by atoms with van der Waals surface area (Å²) in [6, 6.07) is 0. The van der Waals surface area contributed by atoms with E-state index in [-0.39, 0.29) is 11.9 Å². The van der Waals surface area contributed by atoms with E-state index in [0.29, 0.717) is 39.5 Å². The molecule has 0 saturated heterocycles. The molecule has 6 heteroatoms. The average molecular weight is 356 g/mol. The zero-order chi connectivity index (χ0) is 12.2. The molecule has 0 spiro atoms. The van der Waals surface area contributed by atoms with Gasteiger partial charge in [-0.3, -0.25) is 0 Å². The van der Waals surface area contributed by atoms with Crippen molar-refractivity contribution >= 4 is 38.2 Å². The number of hydrogen-bond acceptors (Lipinski definition) is 4. The van der Waals surface area contributed by atoms with Gasteiger partial charge in [-0.1, -0.05) is 0 Å². The minimum absolute atomic E-state index is 0.372. The topological polar surface area (TPSA) is 52.6 Å². The van der Waals surface area contributed by atoms with Crippen LogP contribution in [0.4, 0.5) is 0 Å². The van der Waals surface area contributed by atoms with Gasteiger partial charge in [0, 0.05) is 0 Å². The van der Waals surface area contributed by atoms with E-state index in [2.05, 4.69) is 13.2 Å². The Labute approximate surface area is 106 Å². The van der Waals surface area contributed by atoms with Gasteiger partial charge >= 0.3 is 106 Å². The molecular formula is C10H14O4Se2. The van der Waals surface area contributed by atoms with Gasteiger partial charge in [0.15, 0.2) is 0 Å². The molecule has 0 heterocycles. The molecule has 0 radical (unpaired) electrons. The Morgan fingerprint density at radius 3 is 1.62 bits per heavy atom. The van der Waals surface area contributed by atoms with Gasteiger partial charge in [0.2, 0.25) is 0 Å². The van der Waals surface area contributed by atoms with Crippen LogP contribution in [0.5, 0.6) is 0 Å². The fourth-order valence-corrected chi connectivity index (χ4v) is 5.77. The molecule has 16 heavy (non-hydrogen) atoms. The van der Waals surface area contributed by atoms with E-state index in [0.717, 1.165) is 22.8 Å². The van der Waals surface area contributed by atoms with Gasteiger partial charge in [-0.25, -0.2) is 0 Å². The van der Waals surface area contributed by atoms with Crippen LogP contribution in [0.1, 0.15) is 0 Å². The molecule has 90 valence electrons. The summed E-state index contributed by atoms with van der Waals surface area (Å²) < 4.78 is 9.65. The molecule has 0 saturated carbocycles. The average Bonchev–Trinajstić information content (AvgIpc) is 2.31. The van der Waals surface area contributed by atoms with Crippen LogP contribution in [0, 0.1) is 0 Å². The maximum absolute atomic E-state index is 10.7. The summed E-state index contributed by atoms with van der Waals surface area (Å²) in [5, 5.41) is 1.81. The first-order valence-corrected chi connectivity index (χ1v) is 11.3. The molecule has 0 rings (SSSR count). The quantitative estimate of drug-likeness (QED) is 0.263. The molecule has 0 aliphatic rings. The standard InChI is InChI=1S/C10H14O4Se2/c1-3-9(11)13-5-7-15-16-8-6-14-10(12)4-2/h3-4H,1-2,5-8H2. The van der Waals surface area contributed by atoms with Crippen molar-refractivity contribution in [1.29, 1.82) is 0 Å². The number of rotatable bonds is 9. The SMILES string of the molecule is C=CC(=O)OCC[Se][Se]CCOC(=O)C=C. The Bertz CT molecular complexity index is 227. The van der Waals surface area contributed by atoms with Crippen LogP contribution in [0.2, 0.25) is 10.6 Å². The molecule has 0 aromatic carbocycles. The summed E-state index contributed by atoms with van der Waals surface area (Å²) in [4.78, 5) is 21.3. The van der Waals surface area contributed by atoms with Crippen LogP contribution < -0.4 is 0 Å². The van der Waals surface area contributed by atoms with Gasteiger partial charge in [0.25, 0.3) is 0 Å². The Morgan fingerprint density at radius 2 is 1.31 bits per heavy atom. The van der Waals surface area contributed by atoms with Crippen molar-refractivity contribution in [2.75, 3.05) is 13.2 Å².